The summed E-state index contributed by atoms with van der Waals surface area (Å²) < 4.78 is 5.23. The van der Waals surface area contributed by atoms with Gasteiger partial charge in [0.1, 0.15) is 5.54 Å². The minimum Gasteiger partial charge on any atom is -0.465 e. The molecular weight excluding hydrogens is 240 g/mol. The summed E-state index contributed by atoms with van der Waals surface area (Å²) in [6.45, 7) is 11.5. The van der Waals surface area contributed by atoms with Crippen molar-refractivity contribution in [3.8, 4) is 0 Å². The highest BCUT2D eigenvalue weighted by Crippen LogP contribution is 2.27. The summed E-state index contributed by atoms with van der Waals surface area (Å²) in [4.78, 5) is 14.6. The molecule has 0 aliphatic heterocycles. The Bertz CT molecular complexity index is 279. The second-order valence-electron chi connectivity index (χ2n) is 5.59. The molecule has 4 nitrogen and oxygen atoms in total. The normalized spacial score (nSPS) is 18.4. The molecule has 1 N–H and O–H groups in total. The van der Waals surface area contributed by atoms with E-state index in [2.05, 4.69) is 24.1 Å². The van der Waals surface area contributed by atoms with Crippen LogP contribution in [0.3, 0.4) is 0 Å². The molecule has 0 aromatic rings. The summed E-state index contributed by atoms with van der Waals surface area (Å²) in [5, 5.41) is 3.37. The fourth-order valence-electron chi connectivity index (χ4n) is 2.36. The monoisotopic (exact) mass is 270 g/mol. The second kappa shape index (κ2) is 7.85. The van der Waals surface area contributed by atoms with Crippen molar-refractivity contribution in [2.24, 2.45) is 0 Å². The molecule has 0 heterocycles. The molecule has 112 valence electrons. The molecule has 0 saturated heterocycles. The maximum Gasteiger partial charge on any atom is 0.326 e. The lowest BCUT2D eigenvalue weighted by atomic mass is 9.97. The van der Waals surface area contributed by atoms with Gasteiger partial charge in [-0.1, -0.05) is 13.8 Å². The van der Waals surface area contributed by atoms with Crippen molar-refractivity contribution in [1.29, 1.82) is 0 Å². The first-order valence-corrected chi connectivity index (χ1v) is 7.73. The van der Waals surface area contributed by atoms with E-state index >= 15 is 0 Å². The third-order valence-electron chi connectivity index (χ3n) is 3.86. The van der Waals surface area contributed by atoms with E-state index in [9.17, 15) is 4.79 Å². The molecule has 0 radical (unpaired) electrons. The van der Waals surface area contributed by atoms with E-state index in [1.54, 1.807) is 0 Å². The van der Waals surface area contributed by atoms with Crippen LogP contribution in [-0.2, 0) is 9.53 Å². The Balaban J connectivity index is 2.53. The van der Waals surface area contributed by atoms with Gasteiger partial charge in [-0.25, -0.2) is 0 Å². The summed E-state index contributed by atoms with van der Waals surface area (Å²) in [6, 6.07) is 0.752. The van der Waals surface area contributed by atoms with Crippen molar-refractivity contribution in [3.63, 3.8) is 0 Å². The number of hydrogen-bond donors (Lipinski definition) is 1. The van der Waals surface area contributed by atoms with E-state index in [0.717, 1.165) is 38.5 Å². The first-order chi connectivity index (χ1) is 9.07. The average Bonchev–Trinajstić information content (AvgIpc) is 3.22. The van der Waals surface area contributed by atoms with Crippen LogP contribution in [0.25, 0.3) is 0 Å². The van der Waals surface area contributed by atoms with Gasteiger partial charge in [-0.15, -0.1) is 0 Å². The largest absolute Gasteiger partial charge is 0.465 e. The molecule has 1 saturated carbocycles. The average molecular weight is 270 g/mol. The van der Waals surface area contributed by atoms with Crippen LogP contribution in [-0.4, -0.2) is 48.7 Å². The summed E-state index contributed by atoms with van der Waals surface area (Å²) in [5.41, 5.74) is -0.547. The van der Waals surface area contributed by atoms with Crippen LogP contribution in [0.1, 0.15) is 53.4 Å². The number of rotatable bonds is 10. The number of ether oxygens (including phenoxy) is 1. The Labute approximate surface area is 117 Å². The number of esters is 1. The third-order valence-corrected chi connectivity index (χ3v) is 3.86. The standard InChI is InChI=1S/C15H30N2O2/c1-5-11-16-15(4,14(18)19-7-3)10-12-17(6-2)13-8-9-13/h13,16H,5-12H2,1-4H3. The van der Waals surface area contributed by atoms with Gasteiger partial charge >= 0.3 is 5.97 Å². The fraction of sp³-hybridized carbons (Fsp3) is 0.933. The van der Waals surface area contributed by atoms with Gasteiger partial charge in [0.2, 0.25) is 0 Å². The van der Waals surface area contributed by atoms with Crippen molar-refractivity contribution in [2.75, 3.05) is 26.2 Å². The number of carbonyl (C=O) groups is 1. The zero-order valence-electron chi connectivity index (χ0n) is 13.0. The molecule has 1 fully saturated rings. The highest BCUT2D eigenvalue weighted by molar-refractivity contribution is 5.80. The van der Waals surface area contributed by atoms with E-state index < -0.39 is 5.54 Å². The van der Waals surface area contributed by atoms with E-state index in [1.165, 1.54) is 12.8 Å². The van der Waals surface area contributed by atoms with Gasteiger partial charge in [0.05, 0.1) is 6.61 Å². The molecule has 4 heteroatoms. The zero-order valence-corrected chi connectivity index (χ0v) is 13.0. The topological polar surface area (TPSA) is 41.6 Å². The van der Waals surface area contributed by atoms with Crippen molar-refractivity contribution in [3.05, 3.63) is 0 Å². The molecular formula is C15H30N2O2. The van der Waals surface area contributed by atoms with Crippen molar-refractivity contribution >= 4 is 5.97 Å². The Hall–Kier alpha value is -0.610. The first kappa shape index (κ1) is 16.4. The van der Waals surface area contributed by atoms with Crippen LogP contribution >= 0.6 is 0 Å². The molecule has 0 amide bonds. The van der Waals surface area contributed by atoms with Crippen LogP contribution in [0, 0.1) is 0 Å². The van der Waals surface area contributed by atoms with Crippen LogP contribution in [0.5, 0.6) is 0 Å². The van der Waals surface area contributed by atoms with Crippen molar-refractivity contribution in [1.82, 2.24) is 10.2 Å². The zero-order chi connectivity index (χ0) is 14.3. The van der Waals surface area contributed by atoms with Crippen LogP contribution < -0.4 is 5.32 Å². The fourth-order valence-corrected chi connectivity index (χ4v) is 2.36. The van der Waals surface area contributed by atoms with E-state index in [4.69, 9.17) is 4.74 Å². The van der Waals surface area contributed by atoms with Crippen LogP contribution in [0.4, 0.5) is 0 Å². The summed E-state index contributed by atoms with van der Waals surface area (Å²) in [7, 11) is 0. The summed E-state index contributed by atoms with van der Waals surface area (Å²) in [5.74, 6) is -0.115. The Kier molecular flexibility index (Phi) is 6.80. The number of nitrogens with one attached hydrogen (secondary N) is 1. The van der Waals surface area contributed by atoms with Gasteiger partial charge in [0.25, 0.3) is 0 Å². The van der Waals surface area contributed by atoms with Crippen LogP contribution in [0.15, 0.2) is 0 Å². The maximum atomic E-state index is 12.2. The van der Waals surface area contributed by atoms with E-state index in [-0.39, 0.29) is 5.97 Å². The Morgan fingerprint density at radius 3 is 2.53 bits per heavy atom. The van der Waals surface area contributed by atoms with Gasteiger partial charge < -0.3 is 15.0 Å². The SMILES string of the molecule is CCCNC(C)(CCN(CC)C1CC1)C(=O)OCC. The lowest BCUT2D eigenvalue weighted by molar-refractivity contribution is -0.151. The van der Waals surface area contributed by atoms with Gasteiger partial charge in [0.15, 0.2) is 0 Å². The molecule has 1 unspecified atom stereocenters. The molecule has 0 aromatic carbocycles. The van der Waals surface area contributed by atoms with Crippen LogP contribution in [0.2, 0.25) is 0 Å². The Morgan fingerprint density at radius 1 is 1.37 bits per heavy atom. The first-order valence-electron chi connectivity index (χ1n) is 7.73. The highest BCUT2D eigenvalue weighted by Gasteiger charge is 2.36. The molecule has 1 aliphatic carbocycles. The molecule has 0 bridgehead atoms. The second-order valence-corrected chi connectivity index (χ2v) is 5.59. The number of carbonyl (C=O) groups excluding carboxylic acids is 1. The smallest absolute Gasteiger partial charge is 0.326 e. The molecule has 1 aliphatic rings. The summed E-state index contributed by atoms with van der Waals surface area (Å²) >= 11 is 0. The number of nitrogens with zero attached hydrogens (tertiary/aromatic N) is 1. The molecule has 19 heavy (non-hydrogen) atoms. The molecule has 0 aromatic heterocycles. The summed E-state index contributed by atoms with van der Waals surface area (Å²) in [6.07, 6.45) is 4.46. The predicted octanol–water partition coefficient (Wildman–Crippen LogP) is 2.18. The van der Waals surface area contributed by atoms with Gasteiger partial charge in [-0.05, 0) is 52.6 Å². The van der Waals surface area contributed by atoms with Gasteiger partial charge in [0, 0.05) is 12.6 Å². The minimum atomic E-state index is -0.547. The lowest BCUT2D eigenvalue weighted by Gasteiger charge is -2.31. The lowest BCUT2D eigenvalue weighted by Crippen LogP contribution is -2.52. The maximum absolute atomic E-state index is 12.2. The van der Waals surface area contributed by atoms with Gasteiger partial charge in [-0.2, -0.15) is 0 Å². The Morgan fingerprint density at radius 2 is 2.05 bits per heavy atom. The molecule has 1 atom stereocenters. The number of hydrogen-bond acceptors (Lipinski definition) is 4. The van der Waals surface area contributed by atoms with Gasteiger partial charge in [-0.3, -0.25) is 4.79 Å². The van der Waals surface area contributed by atoms with Crippen molar-refractivity contribution < 1.29 is 9.53 Å². The van der Waals surface area contributed by atoms with Crippen molar-refractivity contribution in [2.45, 2.75) is 65.0 Å². The molecule has 0 spiro atoms. The van der Waals surface area contributed by atoms with E-state index in [1.807, 2.05) is 13.8 Å². The third kappa shape index (κ3) is 5.11. The predicted molar refractivity (Wildman–Crippen MR) is 78.2 cm³/mol. The quantitative estimate of drug-likeness (QED) is 0.618. The highest BCUT2D eigenvalue weighted by atomic mass is 16.5. The molecule has 1 rings (SSSR count). The minimum absolute atomic E-state index is 0.115. The van der Waals surface area contributed by atoms with E-state index in [0.29, 0.717) is 6.61 Å².